The first-order valence-electron chi connectivity index (χ1n) is 5.92. The molecule has 2 aromatic rings. The first kappa shape index (κ1) is 13.5. The van der Waals surface area contributed by atoms with Crippen LogP contribution in [0.25, 0.3) is 0 Å². The smallest absolute Gasteiger partial charge is 0.291 e. The Bertz CT molecular complexity index is 565. The zero-order valence-electron chi connectivity index (χ0n) is 10.5. The summed E-state index contributed by atoms with van der Waals surface area (Å²) in [5.74, 6) is 1.44. The molecular formula is C14H14ClNO3. The summed E-state index contributed by atoms with van der Waals surface area (Å²) >= 11 is 5.62. The second-order valence-electron chi connectivity index (χ2n) is 3.81. The third-order valence-electron chi connectivity index (χ3n) is 2.42. The highest BCUT2D eigenvalue weighted by Crippen LogP contribution is 2.18. The van der Waals surface area contributed by atoms with E-state index in [1.807, 2.05) is 19.1 Å². The molecule has 100 valence electrons. The van der Waals surface area contributed by atoms with Crippen molar-refractivity contribution in [3.63, 3.8) is 0 Å². The molecule has 0 spiro atoms. The van der Waals surface area contributed by atoms with Gasteiger partial charge in [-0.3, -0.25) is 4.79 Å². The van der Waals surface area contributed by atoms with Crippen molar-refractivity contribution < 1.29 is 13.9 Å². The lowest BCUT2D eigenvalue weighted by atomic mass is 10.3. The number of amides is 1. The maximum absolute atomic E-state index is 11.9. The largest absolute Gasteiger partial charge is 0.494 e. The van der Waals surface area contributed by atoms with E-state index in [2.05, 4.69) is 5.32 Å². The Labute approximate surface area is 116 Å². The molecule has 0 aliphatic heterocycles. The lowest BCUT2D eigenvalue weighted by Gasteiger charge is -2.06. The van der Waals surface area contributed by atoms with Gasteiger partial charge < -0.3 is 14.5 Å². The molecule has 4 nitrogen and oxygen atoms in total. The lowest BCUT2D eigenvalue weighted by molar-refractivity contribution is 0.0995. The van der Waals surface area contributed by atoms with Crippen molar-refractivity contribution in [2.75, 3.05) is 11.9 Å². The Morgan fingerprint density at radius 3 is 2.89 bits per heavy atom. The van der Waals surface area contributed by atoms with E-state index >= 15 is 0 Å². The van der Waals surface area contributed by atoms with Gasteiger partial charge in [-0.2, -0.15) is 0 Å². The van der Waals surface area contributed by atoms with E-state index in [1.165, 1.54) is 0 Å². The van der Waals surface area contributed by atoms with Crippen LogP contribution >= 0.6 is 11.6 Å². The Morgan fingerprint density at radius 2 is 2.21 bits per heavy atom. The maximum Gasteiger partial charge on any atom is 0.291 e. The number of ether oxygens (including phenoxy) is 1. The van der Waals surface area contributed by atoms with Crippen molar-refractivity contribution in [3.8, 4) is 5.75 Å². The lowest BCUT2D eigenvalue weighted by Crippen LogP contribution is -2.10. The molecule has 5 heteroatoms. The quantitative estimate of drug-likeness (QED) is 0.850. The third-order valence-corrected chi connectivity index (χ3v) is 2.68. The molecule has 1 heterocycles. The van der Waals surface area contributed by atoms with Gasteiger partial charge in [0, 0.05) is 11.8 Å². The number of furan rings is 1. The highest BCUT2D eigenvalue weighted by Gasteiger charge is 2.11. The summed E-state index contributed by atoms with van der Waals surface area (Å²) in [4.78, 5) is 11.9. The molecule has 0 saturated carbocycles. The number of carbonyl (C=O) groups is 1. The zero-order chi connectivity index (χ0) is 13.7. The summed E-state index contributed by atoms with van der Waals surface area (Å²) in [5.41, 5.74) is 0.653. The van der Waals surface area contributed by atoms with E-state index in [9.17, 15) is 4.79 Å². The summed E-state index contributed by atoms with van der Waals surface area (Å²) < 4.78 is 10.6. The topological polar surface area (TPSA) is 51.5 Å². The van der Waals surface area contributed by atoms with Gasteiger partial charge in [-0.05, 0) is 31.2 Å². The summed E-state index contributed by atoms with van der Waals surface area (Å²) in [5, 5.41) is 2.74. The minimum Gasteiger partial charge on any atom is -0.494 e. The van der Waals surface area contributed by atoms with Crippen molar-refractivity contribution in [2.45, 2.75) is 12.8 Å². The van der Waals surface area contributed by atoms with Crippen LogP contribution in [0.2, 0.25) is 0 Å². The fourth-order valence-corrected chi connectivity index (χ4v) is 1.74. The molecule has 0 atom stereocenters. The Hall–Kier alpha value is -1.94. The molecule has 1 N–H and O–H groups in total. The van der Waals surface area contributed by atoms with Crippen LogP contribution in [0.3, 0.4) is 0 Å². The van der Waals surface area contributed by atoms with E-state index < -0.39 is 0 Å². The van der Waals surface area contributed by atoms with Crippen molar-refractivity contribution >= 4 is 23.2 Å². The van der Waals surface area contributed by atoms with E-state index in [1.54, 1.807) is 24.3 Å². The van der Waals surface area contributed by atoms with Crippen molar-refractivity contribution in [1.82, 2.24) is 0 Å². The van der Waals surface area contributed by atoms with Crippen LogP contribution in [-0.2, 0) is 5.88 Å². The third kappa shape index (κ3) is 3.51. The number of nitrogens with one attached hydrogen (secondary N) is 1. The fourth-order valence-electron chi connectivity index (χ4n) is 1.59. The van der Waals surface area contributed by atoms with Crippen molar-refractivity contribution in [2.24, 2.45) is 0 Å². The van der Waals surface area contributed by atoms with Crippen molar-refractivity contribution in [1.29, 1.82) is 0 Å². The minimum absolute atomic E-state index is 0.234. The van der Waals surface area contributed by atoms with Gasteiger partial charge in [-0.15, -0.1) is 11.6 Å². The van der Waals surface area contributed by atoms with E-state index in [0.717, 1.165) is 0 Å². The second kappa shape index (κ2) is 6.29. The molecule has 0 aliphatic rings. The first-order valence-corrected chi connectivity index (χ1v) is 6.45. The molecule has 0 bridgehead atoms. The summed E-state index contributed by atoms with van der Waals surface area (Å²) in [7, 11) is 0. The molecule has 0 saturated heterocycles. The van der Waals surface area contributed by atoms with Crippen molar-refractivity contribution in [3.05, 3.63) is 47.9 Å². The summed E-state index contributed by atoms with van der Waals surface area (Å²) in [6.07, 6.45) is 0. The predicted octanol–water partition coefficient (Wildman–Crippen LogP) is 3.67. The van der Waals surface area contributed by atoms with Gasteiger partial charge in [-0.25, -0.2) is 0 Å². The standard InChI is InChI=1S/C14H14ClNO3/c1-2-18-11-5-3-4-10(8-11)16-14(17)13-7-6-12(9-15)19-13/h3-8H,2,9H2,1H3,(H,16,17). The number of alkyl halides is 1. The molecular weight excluding hydrogens is 266 g/mol. The van der Waals surface area contributed by atoms with Gasteiger partial charge >= 0.3 is 0 Å². The first-order chi connectivity index (χ1) is 9.22. The number of hydrogen-bond acceptors (Lipinski definition) is 3. The summed E-state index contributed by atoms with van der Waals surface area (Å²) in [6, 6.07) is 10.5. The molecule has 19 heavy (non-hydrogen) atoms. The molecule has 1 amide bonds. The molecule has 1 aromatic carbocycles. The van der Waals surface area contributed by atoms with Gasteiger partial charge in [0.15, 0.2) is 5.76 Å². The number of carbonyl (C=O) groups excluding carboxylic acids is 1. The Balaban J connectivity index is 2.07. The van der Waals surface area contributed by atoms with Gasteiger partial charge in [-0.1, -0.05) is 6.07 Å². The van der Waals surface area contributed by atoms with Gasteiger partial charge in [0.05, 0.1) is 12.5 Å². The Kier molecular flexibility index (Phi) is 4.47. The molecule has 0 fully saturated rings. The summed E-state index contributed by atoms with van der Waals surface area (Å²) in [6.45, 7) is 2.48. The normalized spacial score (nSPS) is 10.2. The van der Waals surface area contributed by atoms with Gasteiger partial charge in [0.2, 0.25) is 0 Å². The molecule has 0 aliphatic carbocycles. The molecule has 0 unspecified atom stereocenters. The van der Waals surface area contributed by atoms with Gasteiger partial charge in [0.1, 0.15) is 11.5 Å². The highest BCUT2D eigenvalue weighted by atomic mass is 35.5. The maximum atomic E-state index is 11.9. The van der Waals surface area contributed by atoms with Crippen LogP contribution in [0.1, 0.15) is 23.2 Å². The van der Waals surface area contributed by atoms with Crippen LogP contribution in [0.5, 0.6) is 5.75 Å². The number of hydrogen-bond donors (Lipinski definition) is 1. The van der Waals surface area contributed by atoms with Crippen LogP contribution < -0.4 is 10.1 Å². The Morgan fingerprint density at radius 1 is 1.37 bits per heavy atom. The van der Waals surface area contributed by atoms with Crippen LogP contribution in [-0.4, -0.2) is 12.5 Å². The van der Waals surface area contributed by atoms with E-state index in [4.69, 9.17) is 20.8 Å². The average molecular weight is 280 g/mol. The van der Waals surface area contributed by atoms with Crippen LogP contribution in [0.15, 0.2) is 40.8 Å². The minimum atomic E-state index is -0.315. The number of benzene rings is 1. The zero-order valence-corrected chi connectivity index (χ0v) is 11.2. The van der Waals surface area contributed by atoms with Crippen LogP contribution in [0, 0.1) is 0 Å². The average Bonchev–Trinajstić information content (AvgIpc) is 2.88. The number of halogens is 1. The molecule has 2 rings (SSSR count). The number of anilines is 1. The number of rotatable bonds is 5. The fraction of sp³-hybridized carbons (Fsp3) is 0.214. The molecule has 1 aromatic heterocycles. The SMILES string of the molecule is CCOc1cccc(NC(=O)c2ccc(CCl)o2)c1. The monoisotopic (exact) mass is 279 g/mol. The highest BCUT2D eigenvalue weighted by molar-refractivity contribution is 6.16. The van der Waals surface area contributed by atoms with Gasteiger partial charge in [0.25, 0.3) is 5.91 Å². The predicted molar refractivity (Wildman–Crippen MR) is 73.8 cm³/mol. The second-order valence-corrected chi connectivity index (χ2v) is 4.08. The molecule has 0 radical (unpaired) electrons. The van der Waals surface area contributed by atoms with E-state index in [0.29, 0.717) is 23.8 Å². The van der Waals surface area contributed by atoms with E-state index in [-0.39, 0.29) is 17.5 Å². The van der Waals surface area contributed by atoms with Crippen LogP contribution in [0.4, 0.5) is 5.69 Å².